The van der Waals surface area contributed by atoms with Crippen molar-refractivity contribution in [2.24, 2.45) is 5.73 Å². The first-order chi connectivity index (χ1) is 8.33. The lowest BCUT2D eigenvalue weighted by Gasteiger charge is -2.29. The third kappa shape index (κ3) is 3.05. The van der Waals surface area contributed by atoms with E-state index in [0.29, 0.717) is 0 Å². The van der Waals surface area contributed by atoms with E-state index in [2.05, 4.69) is 28.1 Å². The van der Waals surface area contributed by atoms with Crippen LogP contribution in [0.4, 0.5) is 4.79 Å². The third-order valence-corrected chi connectivity index (χ3v) is 3.92. The van der Waals surface area contributed by atoms with Crippen molar-refractivity contribution >= 4 is 22.0 Å². The zero-order valence-electron chi connectivity index (χ0n) is 10.7. The highest BCUT2D eigenvalue weighted by Gasteiger charge is 2.48. The van der Waals surface area contributed by atoms with Gasteiger partial charge in [0.2, 0.25) is 0 Å². The smallest absolute Gasteiger partial charge is 0.405 e. The van der Waals surface area contributed by atoms with Crippen LogP contribution < -0.4 is 5.73 Å². The Morgan fingerprint density at radius 2 is 2.17 bits per heavy atom. The number of ether oxygens (including phenoxy) is 1. The first kappa shape index (κ1) is 13.4. The van der Waals surface area contributed by atoms with Crippen molar-refractivity contribution in [1.82, 2.24) is 0 Å². The van der Waals surface area contributed by atoms with Gasteiger partial charge in [-0.25, -0.2) is 4.79 Å². The van der Waals surface area contributed by atoms with Crippen molar-refractivity contribution in [3.05, 3.63) is 34.3 Å². The molecule has 2 N–H and O–H groups in total. The van der Waals surface area contributed by atoms with Crippen LogP contribution in [0.25, 0.3) is 0 Å². The summed E-state index contributed by atoms with van der Waals surface area (Å²) in [5.41, 5.74) is 6.03. The van der Waals surface area contributed by atoms with Crippen LogP contribution >= 0.6 is 15.9 Å². The normalized spacial score (nSPS) is 17.3. The Morgan fingerprint density at radius 3 is 2.67 bits per heavy atom. The van der Waals surface area contributed by atoms with Crippen molar-refractivity contribution in [3.8, 4) is 0 Å². The molecule has 2 rings (SSSR count). The van der Waals surface area contributed by atoms with E-state index in [4.69, 9.17) is 10.5 Å². The number of amides is 1. The van der Waals surface area contributed by atoms with E-state index in [9.17, 15) is 4.79 Å². The van der Waals surface area contributed by atoms with Gasteiger partial charge < -0.3 is 10.5 Å². The second-order valence-corrected chi connectivity index (χ2v) is 6.56. The number of hydrogen-bond acceptors (Lipinski definition) is 2. The van der Waals surface area contributed by atoms with Gasteiger partial charge in [0.1, 0.15) is 5.60 Å². The molecule has 0 spiro atoms. The molecule has 0 atom stereocenters. The van der Waals surface area contributed by atoms with E-state index in [-0.39, 0.29) is 5.41 Å². The zero-order valence-corrected chi connectivity index (χ0v) is 12.3. The quantitative estimate of drug-likeness (QED) is 0.920. The molecule has 0 saturated heterocycles. The van der Waals surface area contributed by atoms with Crippen LogP contribution in [-0.4, -0.2) is 11.7 Å². The first-order valence-corrected chi connectivity index (χ1v) is 6.87. The molecule has 1 aliphatic rings. The molecule has 18 heavy (non-hydrogen) atoms. The van der Waals surface area contributed by atoms with Crippen LogP contribution in [0, 0.1) is 0 Å². The van der Waals surface area contributed by atoms with E-state index < -0.39 is 11.7 Å². The average Bonchev–Trinajstić information content (AvgIpc) is 2.95. The highest BCUT2D eigenvalue weighted by molar-refractivity contribution is 9.10. The molecule has 0 aliphatic heterocycles. The van der Waals surface area contributed by atoms with Crippen LogP contribution in [0.15, 0.2) is 28.7 Å². The van der Waals surface area contributed by atoms with Crippen molar-refractivity contribution in [2.75, 3.05) is 0 Å². The largest absolute Gasteiger partial charge is 0.444 e. The Hall–Kier alpha value is -1.03. The molecular formula is C14H18BrNO2. The lowest BCUT2D eigenvalue weighted by Crippen LogP contribution is -2.34. The summed E-state index contributed by atoms with van der Waals surface area (Å²) in [7, 11) is 0. The Labute approximate surface area is 116 Å². The fourth-order valence-electron chi connectivity index (χ4n) is 2.66. The number of carbonyl (C=O) groups is 1. The predicted molar refractivity (Wildman–Crippen MR) is 74.4 cm³/mol. The summed E-state index contributed by atoms with van der Waals surface area (Å²) >= 11 is 3.50. The topological polar surface area (TPSA) is 52.3 Å². The van der Waals surface area contributed by atoms with Crippen molar-refractivity contribution in [3.63, 3.8) is 0 Å². The van der Waals surface area contributed by atoms with Gasteiger partial charge in [0.25, 0.3) is 0 Å². The number of rotatable bonds is 4. The fourth-order valence-corrected chi connectivity index (χ4v) is 3.06. The average molecular weight is 312 g/mol. The van der Waals surface area contributed by atoms with Gasteiger partial charge in [-0.3, -0.25) is 0 Å². The number of benzene rings is 1. The SMILES string of the molecule is CC(C)(CC1(c2cccc(Br)c2)CC1)OC(N)=O. The van der Waals surface area contributed by atoms with Crippen molar-refractivity contribution in [2.45, 2.75) is 44.1 Å². The molecule has 1 amide bonds. The summed E-state index contributed by atoms with van der Waals surface area (Å²) in [4.78, 5) is 10.9. The van der Waals surface area contributed by atoms with Gasteiger partial charge in [0.15, 0.2) is 0 Å². The highest BCUT2D eigenvalue weighted by Crippen LogP contribution is 2.54. The second-order valence-electron chi connectivity index (χ2n) is 5.65. The standard InChI is InChI=1S/C14H18BrNO2/c1-13(2,18-12(16)17)9-14(6-7-14)10-4-3-5-11(15)8-10/h3-5,8H,6-7,9H2,1-2H3,(H2,16,17). The molecule has 1 aromatic rings. The molecule has 4 heteroatoms. The van der Waals surface area contributed by atoms with Crippen LogP contribution in [0.1, 0.15) is 38.7 Å². The minimum atomic E-state index is -0.704. The first-order valence-electron chi connectivity index (χ1n) is 6.08. The van der Waals surface area contributed by atoms with Gasteiger partial charge in [0.05, 0.1) is 0 Å². The molecule has 1 aliphatic carbocycles. The zero-order chi connectivity index (χ0) is 13.4. The Kier molecular flexibility index (Phi) is 3.41. The number of halogens is 1. The molecule has 0 aromatic heterocycles. The minimum Gasteiger partial charge on any atom is -0.444 e. The second kappa shape index (κ2) is 4.57. The third-order valence-electron chi connectivity index (χ3n) is 3.43. The molecular weight excluding hydrogens is 294 g/mol. The van der Waals surface area contributed by atoms with E-state index >= 15 is 0 Å². The molecule has 98 valence electrons. The van der Waals surface area contributed by atoms with Crippen molar-refractivity contribution < 1.29 is 9.53 Å². The maximum Gasteiger partial charge on any atom is 0.405 e. The summed E-state index contributed by atoms with van der Waals surface area (Å²) in [6.45, 7) is 3.83. The van der Waals surface area contributed by atoms with E-state index in [0.717, 1.165) is 23.7 Å². The molecule has 1 fully saturated rings. The Bertz CT molecular complexity index is 467. The molecule has 1 aromatic carbocycles. The summed E-state index contributed by atoms with van der Waals surface area (Å²) in [5.74, 6) is 0. The Balaban J connectivity index is 2.15. The van der Waals surface area contributed by atoms with Gasteiger partial charge in [-0.1, -0.05) is 28.1 Å². The minimum absolute atomic E-state index is 0.142. The molecule has 3 nitrogen and oxygen atoms in total. The lowest BCUT2D eigenvalue weighted by atomic mass is 9.85. The number of hydrogen-bond donors (Lipinski definition) is 1. The van der Waals surface area contributed by atoms with Gasteiger partial charge >= 0.3 is 6.09 Å². The molecule has 0 radical (unpaired) electrons. The van der Waals surface area contributed by atoms with E-state index in [1.54, 1.807) is 0 Å². The van der Waals surface area contributed by atoms with Crippen molar-refractivity contribution in [1.29, 1.82) is 0 Å². The summed E-state index contributed by atoms with van der Waals surface area (Å²) in [6.07, 6.45) is 2.37. The summed E-state index contributed by atoms with van der Waals surface area (Å²) < 4.78 is 6.28. The molecule has 1 saturated carbocycles. The van der Waals surface area contributed by atoms with E-state index in [1.165, 1.54) is 5.56 Å². The van der Waals surface area contributed by atoms with Crippen LogP contribution in [0.2, 0.25) is 0 Å². The maximum absolute atomic E-state index is 10.9. The number of carbonyl (C=O) groups excluding carboxylic acids is 1. The number of primary amides is 1. The van der Waals surface area contributed by atoms with Gasteiger partial charge in [-0.15, -0.1) is 0 Å². The van der Waals surface area contributed by atoms with Crippen LogP contribution in [0.5, 0.6) is 0 Å². The van der Waals surface area contributed by atoms with Crippen LogP contribution in [0.3, 0.4) is 0 Å². The van der Waals surface area contributed by atoms with E-state index in [1.807, 2.05) is 26.0 Å². The number of nitrogens with two attached hydrogens (primary N) is 1. The Morgan fingerprint density at radius 1 is 1.50 bits per heavy atom. The highest BCUT2D eigenvalue weighted by atomic mass is 79.9. The van der Waals surface area contributed by atoms with Gasteiger partial charge in [-0.2, -0.15) is 0 Å². The van der Waals surface area contributed by atoms with Crippen LogP contribution in [-0.2, 0) is 10.2 Å². The molecule has 0 unspecified atom stereocenters. The van der Waals surface area contributed by atoms with Gasteiger partial charge in [0, 0.05) is 4.47 Å². The summed E-state index contributed by atoms with van der Waals surface area (Å²) in [6, 6.07) is 8.34. The summed E-state index contributed by atoms with van der Waals surface area (Å²) in [5, 5.41) is 0. The lowest BCUT2D eigenvalue weighted by molar-refractivity contribution is 0.0313. The monoisotopic (exact) mass is 311 g/mol. The predicted octanol–water partition coefficient (Wildman–Crippen LogP) is 3.74. The fraction of sp³-hybridized carbons (Fsp3) is 0.500. The van der Waals surface area contributed by atoms with Gasteiger partial charge in [-0.05, 0) is 56.2 Å². The maximum atomic E-state index is 10.9. The molecule has 0 heterocycles. The molecule has 0 bridgehead atoms.